The lowest BCUT2D eigenvalue weighted by Gasteiger charge is -2.14. The third-order valence-corrected chi connectivity index (χ3v) is 4.51. The Morgan fingerprint density at radius 1 is 1.63 bits per heavy atom. The summed E-state index contributed by atoms with van der Waals surface area (Å²) in [5.41, 5.74) is 7.08. The van der Waals surface area contributed by atoms with E-state index in [4.69, 9.17) is 5.73 Å². The summed E-state index contributed by atoms with van der Waals surface area (Å²) < 4.78 is 0. The molecule has 0 saturated heterocycles. The normalized spacial score (nSPS) is 14.8. The molecular formula is C13H15N3O2S. The third kappa shape index (κ3) is 2.06. The molecular weight excluding hydrogens is 262 g/mol. The Morgan fingerprint density at radius 3 is 3.00 bits per heavy atom. The van der Waals surface area contributed by atoms with Gasteiger partial charge in [0.25, 0.3) is 5.91 Å². The minimum absolute atomic E-state index is 0.0236. The predicted octanol–water partition coefficient (Wildman–Crippen LogP) is 1.61. The number of rotatable bonds is 3. The minimum atomic E-state index is -0.143. The predicted molar refractivity (Wildman–Crippen MR) is 75.1 cm³/mol. The molecule has 1 fully saturated rings. The van der Waals surface area contributed by atoms with Gasteiger partial charge < -0.3 is 15.7 Å². The molecule has 19 heavy (non-hydrogen) atoms. The van der Waals surface area contributed by atoms with Gasteiger partial charge in [0.2, 0.25) is 0 Å². The zero-order valence-electron chi connectivity index (χ0n) is 10.6. The maximum absolute atomic E-state index is 12.3. The zero-order chi connectivity index (χ0) is 13.6. The van der Waals surface area contributed by atoms with E-state index < -0.39 is 0 Å². The molecule has 0 atom stereocenters. The zero-order valence-corrected chi connectivity index (χ0v) is 11.4. The molecule has 6 heteroatoms. The number of hydrogen-bond acceptors (Lipinski definition) is 5. The summed E-state index contributed by atoms with van der Waals surface area (Å²) in [5.74, 6) is 0.0236. The first-order valence-corrected chi connectivity index (χ1v) is 6.98. The van der Waals surface area contributed by atoms with E-state index in [-0.39, 0.29) is 12.5 Å². The summed E-state index contributed by atoms with van der Waals surface area (Å²) in [5, 5.41) is 9.93. The lowest BCUT2D eigenvalue weighted by Crippen LogP contribution is -2.27. The van der Waals surface area contributed by atoms with Crippen molar-refractivity contribution >= 4 is 33.1 Å². The van der Waals surface area contributed by atoms with Gasteiger partial charge in [0.15, 0.2) is 0 Å². The molecule has 2 aromatic rings. The average Bonchev–Trinajstić information content (AvgIpc) is 3.17. The molecule has 1 saturated carbocycles. The van der Waals surface area contributed by atoms with E-state index in [1.54, 1.807) is 17.2 Å². The van der Waals surface area contributed by atoms with Crippen LogP contribution in [0.25, 0.3) is 10.2 Å². The highest BCUT2D eigenvalue weighted by molar-refractivity contribution is 7.20. The number of carbonyl (C=O) groups is 1. The summed E-state index contributed by atoms with van der Waals surface area (Å²) in [4.78, 5) is 19.7. The molecule has 100 valence electrons. The second-order valence-electron chi connectivity index (χ2n) is 4.83. The number of aliphatic hydroxyl groups is 1. The molecule has 3 N–H and O–H groups in total. The van der Waals surface area contributed by atoms with Crippen LogP contribution < -0.4 is 5.73 Å². The number of carbonyl (C=O) groups excluding carboxylic acids is 1. The molecule has 0 aromatic carbocycles. The van der Waals surface area contributed by atoms with E-state index in [1.807, 2.05) is 7.05 Å². The molecule has 0 aliphatic heterocycles. The molecule has 0 radical (unpaired) electrons. The van der Waals surface area contributed by atoms with E-state index in [2.05, 4.69) is 4.98 Å². The van der Waals surface area contributed by atoms with Crippen molar-refractivity contribution < 1.29 is 9.90 Å². The fourth-order valence-corrected chi connectivity index (χ4v) is 3.08. The highest BCUT2D eigenvalue weighted by Crippen LogP contribution is 2.33. The van der Waals surface area contributed by atoms with Crippen LogP contribution in [0.3, 0.4) is 0 Å². The highest BCUT2D eigenvalue weighted by atomic mass is 32.1. The van der Waals surface area contributed by atoms with E-state index in [0.29, 0.717) is 22.2 Å². The van der Waals surface area contributed by atoms with Crippen LogP contribution in [-0.2, 0) is 6.61 Å². The molecule has 0 spiro atoms. The molecule has 0 unspecified atom stereocenters. The summed E-state index contributed by atoms with van der Waals surface area (Å²) in [7, 11) is 1.83. The second-order valence-corrected chi connectivity index (χ2v) is 5.86. The molecule has 2 aromatic heterocycles. The summed E-state index contributed by atoms with van der Waals surface area (Å²) >= 11 is 1.35. The van der Waals surface area contributed by atoms with Gasteiger partial charge >= 0.3 is 0 Å². The Labute approximate surface area is 114 Å². The van der Waals surface area contributed by atoms with Crippen LogP contribution in [-0.4, -0.2) is 34.0 Å². The average molecular weight is 277 g/mol. The lowest BCUT2D eigenvalue weighted by molar-refractivity contribution is 0.0790. The first-order chi connectivity index (χ1) is 9.11. The molecule has 1 aliphatic rings. The van der Waals surface area contributed by atoms with Crippen LogP contribution in [0.2, 0.25) is 0 Å². The van der Waals surface area contributed by atoms with Crippen LogP contribution in [0.5, 0.6) is 0 Å². The smallest absolute Gasteiger partial charge is 0.264 e. The first kappa shape index (κ1) is 12.4. The maximum Gasteiger partial charge on any atom is 0.264 e. The van der Waals surface area contributed by atoms with E-state index in [1.165, 1.54) is 11.3 Å². The van der Waals surface area contributed by atoms with Crippen LogP contribution >= 0.6 is 11.3 Å². The summed E-state index contributed by atoms with van der Waals surface area (Å²) in [6, 6.07) is 2.17. The Bertz CT molecular complexity index is 649. The topological polar surface area (TPSA) is 79.5 Å². The number of thiophene rings is 1. The summed E-state index contributed by atoms with van der Waals surface area (Å²) in [6.07, 6.45) is 3.73. The van der Waals surface area contributed by atoms with E-state index >= 15 is 0 Å². The van der Waals surface area contributed by atoms with Gasteiger partial charge in [-0.25, -0.2) is 4.98 Å². The number of nitrogens with zero attached hydrogens (tertiary/aromatic N) is 2. The fourth-order valence-electron chi connectivity index (χ4n) is 2.08. The number of pyridine rings is 1. The monoisotopic (exact) mass is 277 g/mol. The van der Waals surface area contributed by atoms with Gasteiger partial charge in [-0.3, -0.25) is 4.79 Å². The SMILES string of the molecule is CN(C(=O)c1cc2c(N)c(CO)cnc2s1)C1CC1. The van der Waals surface area contributed by atoms with Gasteiger partial charge in [0.1, 0.15) is 4.83 Å². The van der Waals surface area contributed by atoms with Crippen molar-refractivity contribution in [3.05, 3.63) is 22.7 Å². The maximum atomic E-state index is 12.3. The largest absolute Gasteiger partial charge is 0.398 e. The lowest BCUT2D eigenvalue weighted by atomic mass is 10.2. The number of anilines is 1. The summed E-state index contributed by atoms with van der Waals surface area (Å²) in [6.45, 7) is -0.143. The number of aliphatic hydroxyl groups excluding tert-OH is 1. The number of hydrogen-bond donors (Lipinski definition) is 2. The van der Waals surface area contributed by atoms with Crippen molar-refractivity contribution in [1.82, 2.24) is 9.88 Å². The second kappa shape index (κ2) is 4.47. The fraction of sp³-hybridized carbons (Fsp3) is 0.385. The Hall–Kier alpha value is -1.66. The van der Waals surface area contributed by atoms with Gasteiger partial charge in [-0.2, -0.15) is 0 Å². The van der Waals surface area contributed by atoms with Crippen molar-refractivity contribution in [2.24, 2.45) is 0 Å². The molecule has 1 amide bonds. The molecule has 5 nitrogen and oxygen atoms in total. The Balaban J connectivity index is 2.01. The number of nitrogens with two attached hydrogens (primary N) is 1. The number of aromatic nitrogens is 1. The van der Waals surface area contributed by atoms with Crippen LogP contribution in [0, 0.1) is 0 Å². The molecule has 3 rings (SSSR count). The van der Waals surface area contributed by atoms with Crippen molar-refractivity contribution in [2.45, 2.75) is 25.5 Å². The first-order valence-electron chi connectivity index (χ1n) is 6.16. The van der Waals surface area contributed by atoms with Gasteiger partial charge in [0, 0.05) is 35.9 Å². The molecule has 1 aliphatic carbocycles. The highest BCUT2D eigenvalue weighted by Gasteiger charge is 2.31. The number of nitrogen functional groups attached to an aromatic ring is 1. The molecule has 0 bridgehead atoms. The molecule has 2 heterocycles. The van der Waals surface area contributed by atoms with Gasteiger partial charge in [0.05, 0.1) is 11.5 Å². The van der Waals surface area contributed by atoms with Crippen molar-refractivity contribution in [3.63, 3.8) is 0 Å². The third-order valence-electron chi connectivity index (χ3n) is 3.48. The van der Waals surface area contributed by atoms with Crippen LogP contribution in [0.4, 0.5) is 5.69 Å². The van der Waals surface area contributed by atoms with E-state index in [9.17, 15) is 9.90 Å². The van der Waals surface area contributed by atoms with Crippen molar-refractivity contribution in [2.75, 3.05) is 12.8 Å². The van der Waals surface area contributed by atoms with Crippen molar-refractivity contribution in [1.29, 1.82) is 0 Å². The van der Waals surface area contributed by atoms with Gasteiger partial charge in [-0.1, -0.05) is 0 Å². The van der Waals surface area contributed by atoms with Gasteiger partial charge in [-0.15, -0.1) is 11.3 Å². The van der Waals surface area contributed by atoms with E-state index in [0.717, 1.165) is 23.1 Å². The Kier molecular flexibility index (Phi) is 2.91. The minimum Gasteiger partial charge on any atom is -0.398 e. The standard InChI is InChI=1S/C13H15N3O2S/c1-16(8-2-3-8)13(18)10-4-9-11(14)7(6-17)5-15-12(9)19-10/h4-5,8,17H,2-3,6H2,1H3,(H2,14,15). The quantitative estimate of drug-likeness (QED) is 0.893. The number of amides is 1. The van der Waals surface area contributed by atoms with Crippen LogP contribution in [0.15, 0.2) is 12.3 Å². The van der Waals surface area contributed by atoms with Crippen LogP contribution in [0.1, 0.15) is 28.1 Å². The van der Waals surface area contributed by atoms with Gasteiger partial charge in [-0.05, 0) is 18.9 Å². The Morgan fingerprint density at radius 2 is 2.37 bits per heavy atom. The number of fused-ring (bicyclic) bond motifs is 1. The van der Waals surface area contributed by atoms with Crippen molar-refractivity contribution in [3.8, 4) is 0 Å².